The number of hydrogen-bond acceptors (Lipinski definition) is 4. The number of aryl methyl sites for hydroxylation is 3. The third kappa shape index (κ3) is 5.33. The summed E-state index contributed by atoms with van der Waals surface area (Å²) in [6, 6.07) is 22.9. The number of sulfonamides is 1. The van der Waals surface area contributed by atoms with Gasteiger partial charge in [-0.1, -0.05) is 48.5 Å². The largest absolute Gasteiger partial charge is 0.337 e. The van der Waals surface area contributed by atoms with Crippen LogP contribution < -0.4 is 9.62 Å². The Morgan fingerprint density at radius 3 is 2.65 bits per heavy atom. The second-order valence-electron chi connectivity index (χ2n) is 11.0. The number of aromatic nitrogens is 2. The molecule has 40 heavy (non-hydrogen) atoms. The van der Waals surface area contributed by atoms with Crippen molar-refractivity contribution in [3.63, 3.8) is 0 Å². The van der Waals surface area contributed by atoms with Gasteiger partial charge in [-0.25, -0.2) is 18.1 Å². The quantitative estimate of drug-likeness (QED) is 0.315. The molecule has 1 saturated carbocycles. The lowest BCUT2D eigenvalue weighted by atomic mass is 9.87. The number of hydrogen-bond donors (Lipinski definition) is 1. The molecule has 1 heterocycles. The Morgan fingerprint density at radius 1 is 1.07 bits per heavy atom. The van der Waals surface area contributed by atoms with Crippen LogP contribution in [0.4, 0.5) is 5.69 Å². The van der Waals surface area contributed by atoms with E-state index < -0.39 is 10.0 Å². The van der Waals surface area contributed by atoms with Crippen molar-refractivity contribution >= 4 is 21.6 Å². The van der Waals surface area contributed by atoms with E-state index in [1.54, 1.807) is 24.4 Å². The van der Waals surface area contributed by atoms with Gasteiger partial charge >= 0.3 is 0 Å². The summed E-state index contributed by atoms with van der Waals surface area (Å²) in [6.07, 6.45) is 6.92. The molecular weight excluding hydrogens is 520 g/mol. The molecule has 7 nitrogen and oxygen atoms in total. The van der Waals surface area contributed by atoms with E-state index in [0.717, 1.165) is 47.5 Å². The zero-order valence-corrected chi connectivity index (χ0v) is 23.6. The first-order valence-electron chi connectivity index (χ1n) is 13.8. The molecule has 1 fully saturated rings. The normalized spacial score (nSPS) is 20.1. The molecule has 0 saturated heterocycles. The number of carbonyl (C=O) groups excluding carboxylic acids is 1. The fourth-order valence-corrected chi connectivity index (χ4v) is 7.19. The highest BCUT2D eigenvalue weighted by atomic mass is 32.2. The first-order valence-corrected chi connectivity index (χ1v) is 15.3. The monoisotopic (exact) mass is 554 g/mol. The van der Waals surface area contributed by atoms with Crippen molar-refractivity contribution < 1.29 is 13.2 Å². The molecule has 3 atom stereocenters. The standard InChI is InChI=1S/C32H34N4O3S/c1-22-8-6-12-26(18-22)40(38,39)34-30-13-7-11-24-14-15-25(19-28(24)30)36(21-31-33-16-17-35(31)2)32(37)29-20-27(29)23-9-4-3-5-10-23/h3-6,8-10,12,14-19,27,29-30,34H,7,11,13,20-21H2,1-2H3/t27-,29-,30+/m0/s1. The number of imidazole rings is 1. The number of fused-ring (bicyclic) bond motifs is 1. The van der Waals surface area contributed by atoms with E-state index in [2.05, 4.69) is 27.9 Å². The zero-order chi connectivity index (χ0) is 27.9. The number of benzene rings is 3. The summed E-state index contributed by atoms with van der Waals surface area (Å²) < 4.78 is 31.5. The predicted octanol–water partition coefficient (Wildman–Crippen LogP) is 5.42. The molecule has 8 heteroatoms. The lowest BCUT2D eigenvalue weighted by Gasteiger charge is -2.29. The summed E-state index contributed by atoms with van der Waals surface area (Å²) in [5, 5.41) is 0. The third-order valence-electron chi connectivity index (χ3n) is 8.17. The maximum absolute atomic E-state index is 14.0. The topological polar surface area (TPSA) is 84.3 Å². The molecule has 0 radical (unpaired) electrons. The SMILES string of the molecule is Cc1cccc(S(=O)(=O)N[C@@H]2CCCc3ccc(N(Cc4nccn4C)C(=O)[C@H]4C[C@H]4c4ccccc4)cc32)c1. The molecule has 1 aromatic heterocycles. The average molecular weight is 555 g/mol. The number of amides is 1. The average Bonchev–Trinajstić information content (AvgIpc) is 3.66. The van der Waals surface area contributed by atoms with Gasteiger partial charge in [0.15, 0.2) is 0 Å². The van der Waals surface area contributed by atoms with Crippen LogP contribution in [-0.4, -0.2) is 23.9 Å². The maximum Gasteiger partial charge on any atom is 0.241 e. The first-order chi connectivity index (χ1) is 19.3. The fraction of sp³-hybridized carbons (Fsp3) is 0.312. The Kier molecular flexibility index (Phi) is 7.06. The minimum Gasteiger partial charge on any atom is -0.337 e. The lowest BCUT2D eigenvalue weighted by molar-refractivity contribution is -0.120. The molecule has 1 N–H and O–H groups in total. The summed E-state index contributed by atoms with van der Waals surface area (Å²) in [5.41, 5.74) is 4.91. The van der Waals surface area contributed by atoms with E-state index in [4.69, 9.17) is 0 Å². The summed E-state index contributed by atoms with van der Waals surface area (Å²) in [5.74, 6) is 0.989. The van der Waals surface area contributed by atoms with Crippen LogP contribution in [0, 0.1) is 12.8 Å². The van der Waals surface area contributed by atoms with E-state index in [9.17, 15) is 13.2 Å². The zero-order valence-electron chi connectivity index (χ0n) is 22.8. The van der Waals surface area contributed by atoms with E-state index in [-0.39, 0.29) is 28.7 Å². The van der Waals surface area contributed by atoms with Gasteiger partial charge in [-0.3, -0.25) is 4.79 Å². The first kappa shape index (κ1) is 26.5. The number of nitrogens with zero attached hydrogens (tertiary/aromatic N) is 3. The summed E-state index contributed by atoms with van der Waals surface area (Å²) >= 11 is 0. The summed E-state index contributed by atoms with van der Waals surface area (Å²) in [7, 11) is -1.78. The number of carbonyl (C=O) groups is 1. The molecule has 2 aliphatic rings. The van der Waals surface area contributed by atoms with Gasteiger partial charge in [0, 0.05) is 37.1 Å². The number of nitrogens with one attached hydrogen (secondary N) is 1. The van der Waals surface area contributed by atoms with Gasteiger partial charge in [-0.05, 0) is 85.0 Å². The summed E-state index contributed by atoms with van der Waals surface area (Å²) in [4.78, 5) is 20.6. The lowest BCUT2D eigenvalue weighted by Crippen LogP contribution is -2.34. The molecule has 3 aromatic carbocycles. The van der Waals surface area contributed by atoms with E-state index >= 15 is 0 Å². The van der Waals surface area contributed by atoms with Crippen LogP contribution in [0.1, 0.15) is 59.3 Å². The highest BCUT2D eigenvalue weighted by Gasteiger charge is 2.46. The minimum absolute atomic E-state index is 0.0736. The fourth-order valence-electron chi connectivity index (χ4n) is 5.84. The highest BCUT2D eigenvalue weighted by Crippen LogP contribution is 2.49. The molecule has 1 amide bonds. The molecule has 206 valence electrons. The van der Waals surface area contributed by atoms with Gasteiger partial charge in [0.25, 0.3) is 0 Å². The van der Waals surface area contributed by atoms with E-state index in [1.807, 2.05) is 66.0 Å². The van der Waals surface area contributed by atoms with Gasteiger partial charge in [0.2, 0.25) is 15.9 Å². The van der Waals surface area contributed by atoms with Crippen LogP contribution in [0.3, 0.4) is 0 Å². The Labute approximate surface area is 235 Å². The van der Waals surface area contributed by atoms with Crippen LogP contribution >= 0.6 is 0 Å². The van der Waals surface area contributed by atoms with Crippen molar-refractivity contribution in [1.29, 1.82) is 0 Å². The summed E-state index contributed by atoms with van der Waals surface area (Å²) in [6.45, 7) is 2.23. The molecule has 0 spiro atoms. The number of anilines is 1. The molecular formula is C32H34N4O3S. The van der Waals surface area contributed by atoms with E-state index in [0.29, 0.717) is 13.0 Å². The van der Waals surface area contributed by atoms with Crippen LogP contribution in [0.2, 0.25) is 0 Å². The van der Waals surface area contributed by atoms with Crippen LogP contribution in [0.5, 0.6) is 0 Å². The second-order valence-corrected chi connectivity index (χ2v) is 12.7. The van der Waals surface area contributed by atoms with Crippen molar-refractivity contribution in [2.45, 2.75) is 56.0 Å². The van der Waals surface area contributed by atoms with Gasteiger partial charge in [0.05, 0.1) is 11.4 Å². The Bertz CT molecular complexity index is 1650. The molecule has 2 aliphatic carbocycles. The third-order valence-corrected chi connectivity index (χ3v) is 9.64. The van der Waals surface area contributed by atoms with Crippen LogP contribution in [0.15, 0.2) is 90.1 Å². The van der Waals surface area contributed by atoms with Crippen molar-refractivity contribution in [2.75, 3.05) is 4.90 Å². The van der Waals surface area contributed by atoms with Crippen LogP contribution in [-0.2, 0) is 34.8 Å². The van der Waals surface area contributed by atoms with Crippen molar-refractivity contribution in [2.24, 2.45) is 13.0 Å². The van der Waals surface area contributed by atoms with Crippen LogP contribution in [0.25, 0.3) is 0 Å². The second kappa shape index (κ2) is 10.7. The maximum atomic E-state index is 14.0. The van der Waals surface area contributed by atoms with Gasteiger partial charge in [0.1, 0.15) is 5.82 Å². The van der Waals surface area contributed by atoms with Gasteiger partial charge in [-0.15, -0.1) is 0 Å². The number of rotatable bonds is 8. The smallest absolute Gasteiger partial charge is 0.241 e. The van der Waals surface area contributed by atoms with Gasteiger partial charge < -0.3 is 9.47 Å². The van der Waals surface area contributed by atoms with Gasteiger partial charge in [-0.2, -0.15) is 0 Å². The van der Waals surface area contributed by atoms with Crippen molar-refractivity contribution in [3.8, 4) is 0 Å². The molecule has 0 bridgehead atoms. The minimum atomic E-state index is -3.71. The Balaban J connectivity index is 1.32. The molecule has 4 aromatic rings. The Hall–Kier alpha value is -3.75. The molecule has 0 aliphatic heterocycles. The Morgan fingerprint density at radius 2 is 1.90 bits per heavy atom. The predicted molar refractivity (Wildman–Crippen MR) is 155 cm³/mol. The highest BCUT2D eigenvalue weighted by molar-refractivity contribution is 7.89. The van der Waals surface area contributed by atoms with Crippen molar-refractivity contribution in [3.05, 3.63) is 113 Å². The van der Waals surface area contributed by atoms with Crippen molar-refractivity contribution in [1.82, 2.24) is 14.3 Å². The van der Waals surface area contributed by atoms with E-state index in [1.165, 1.54) is 5.56 Å². The molecule has 6 rings (SSSR count). The molecule has 0 unspecified atom stereocenters.